The molecule has 0 nitrogen and oxygen atoms in total. The summed E-state index contributed by atoms with van der Waals surface area (Å²) in [4.78, 5) is 0. The normalized spacial score (nSPS) is 0. The first-order chi connectivity index (χ1) is 0. The van der Waals surface area contributed by atoms with E-state index in [0.717, 1.165) is 0 Å². The van der Waals surface area contributed by atoms with E-state index in [2.05, 4.69) is 0 Å². The fourth-order valence-electron chi connectivity index (χ4n) is 0. The van der Waals surface area contributed by atoms with E-state index in [1.54, 1.807) is 0 Å². The quantitative estimate of drug-likeness (QED) is 0.463. The van der Waals surface area contributed by atoms with Crippen LogP contribution in [0, 0.1) is 0 Å². The summed E-state index contributed by atoms with van der Waals surface area (Å²) in [7, 11) is 0. The van der Waals surface area contributed by atoms with Crippen LogP contribution < -0.4 is 0 Å². The van der Waals surface area contributed by atoms with Gasteiger partial charge in [-0.25, -0.2) is 0 Å². The van der Waals surface area contributed by atoms with Gasteiger partial charge in [0.05, 0.1) is 0 Å². The fraction of sp³-hybridized carbons (Fsp3) is 0. The van der Waals surface area contributed by atoms with Crippen LogP contribution in [0.2, 0.25) is 0 Å². The standard InChI is InChI=1S/Al.Au.Pd.Ti.3H. The summed E-state index contributed by atoms with van der Waals surface area (Å²) < 4.78 is 0. The maximum atomic E-state index is 0. The molecule has 0 aromatic rings. The summed E-state index contributed by atoms with van der Waals surface area (Å²) in [5.74, 6) is 0. The van der Waals surface area contributed by atoms with Gasteiger partial charge in [-0.05, 0) is 0 Å². The predicted molar refractivity (Wildman–Crippen MR) is 9.94 cm³/mol. The van der Waals surface area contributed by atoms with Crippen molar-refractivity contribution in [2.45, 2.75) is 0 Å². The van der Waals surface area contributed by atoms with Crippen LogP contribution in [-0.2, 0) is 64.5 Å². The maximum Gasteiger partial charge on any atom is 0.187 e. The molecule has 1 radical (unpaired) electrons. The van der Waals surface area contributed by atoms with E-state index in [0.29, 0.717) is 0 Å². The average Bonchev–Trinajstić information content (AvgIpc) is 0. The maximum absolute atomic E-state index is 0. The Morgan fingerprint density at radius 3 is 1.00 bits per heavy atom. The van der Waals surface area contributed by atoms with E-state index < -0.39 is 0 Å². The van der Waals surface area contributed by atoms with Crippen LogP contribution >= 0.6 is 0 Å². The van der Waals surface area contributed by atoms with E-state index in [1.807, 2.05) is 0 Å². The second-order valence-electron chi connectivity index (χ2n) is 0. The Labute approximate surface area is 80.7 Å². The van der Waals surface area contributed by atoms with Crippen LogP contribution in [0.4, 0.5) is 0 Å². The van der Waals surface area contributed by atoms with Crippen molar-refractivity contribution in [2.24, 2.45) is 0 Å². The van der Waals surface area contributed by atoms with Crippen molar-refractivity contribution in [3.05, 3.63) is 0 Å². The van der Waals surface area contributed by atoms with Gasteiger partial charge in [0.25, 0.3) is 0 Å². The van der Waals surface area contributed by atoms with E-state index in [-0.39, 0.29) is 81.9 Å². The molecular formula is H3AlAuPdTi. The minimum absolute atomic E-state index is 0. The zero-order valence-electron chi connectivity index (χ0n) is 1.12. The number of hydrogen-bond donors (Lipinski definition) is 0. The summed E-state index contributed by atoms with van der Waals surface area (Å²) in [5, 5.41) is 0. The summed E-state index contributed by atoms with van der Waals surface area (Å²) in [5.41, 5.74) is 0. The van der Waals surface area contributed by atoms with Gasteiger partial charge >= 0.3 is 0 Å². The van der Waals surface area contributed by atoms with Gasteiger partial charge in [0.1, 0.15) is 0 Å². The van der Waals surface area contributed by atoms with Crippen molar-refractivity contribution in [3.63, 3.8) is 0 Å². The van der Waals surface area contributed by atoms with Crippen LogP contribution in [0.3, 0.4) is 0 Å². The molecule has 0 atom stereocenters. The van der Waals surface area contributed by atoms with E-state index in [1.165, 1.54) is 0 Å². The van der Waals surface area contributed by atoms with Crippen molar-refractivity contribution in [1.82, 2.24) is 0 Å². The van der Waals surface area contributed by atoms with Crippen molar-refractivity contribution < 1.29 is 64.5 Å². The van der Waals surface area contributed by atoms with E-state index in [9.17, 15) is 0 Å². The molecule has 0 aromatic heterocycles. The second kappa shape index (κ2) is 17.4. The third-order valence-corrected chi connectivity index (χ3v) is 0. The van der Waals surface area contributed by atoms with Gasteiger partial charge in [-0.3, -0.25) is 0 Å². The monoisotopic (exact) mass is 381 g/mol. The molecule has 0 amide bonds. The topological polar surface area (TPSA) is 0 Å². The van der Waals surface area contributed by atoms with Gasteiger partial charge < -0.3 is 0 Å². The molecule has 0 N–H and O–H groups in total. The number of rotatable bonds is 0. The SMILES string of the molecule is [AlH3].[Au].[Pd].[Ti]. The molecule has 0 saturated carbocycles. The first-order valence-electron chi connectivity index (χ1n) is 0. The third kappa shape index (κ3) is 8.82. The Balaban J connectivity index is 0. The van der Waals surface area contributed by atoms with E-state index >= 15 is 0 Å². The smallest absolute Gasteiger partial charge is 0 e. The minimum Gasteiger partial charge on any atom is 0 e. The molecule has 0 aliphatic carbocycles. The summed E-state index contributed by atoms with van der Waals surface area (Å²) in [6.07, 6.45) is 0. The van der Waals surface area contributed by atoms with Crippen LogP contribution in [0.5, 0.6) is 0 Å². The molecule has 4 heteroatoms. The van der Waals surface area contributed by atoms with Crippen molar-refractivity contribution in [2.75, 3.05) is 0 Å². The Kier molecular flexibility index (Phi) is 132. The molecule has 0 bridgehead atoms. The molecule has 0 saturated heterocycles. The van der Waals surface area contributed by atoms with Gasteiger partial charge in [-0.15, -0.1) is 0 Å². The Hall–Kier alpha value is 2.65. The zero-order chi connectivity index (χ0) is 0. The molecule has 4 heavy (non-hydrogen) atoms. The van der Waals surface area contributed by atoms with Crippen molar-refractivity contribution in [3.8, 4) is 0 Å². The Morgan fingerprint density at radius 1 is 1.00 bits per heavy atom. The van der Waals surface area contributed by atoms with Crippen molar-refractivity contribution in [1.29, 1.82) is 0 Å². The van der Waals surface area contributed by atoms with Crippen LogP contribution in [-0.4, -0.2) is 17.4 Å². The molecular weight excluding hydrogens is 378 g/mol. The number of hydrogen-bond acceptors (Lipinski definition) is 0. The molecule has 0 unspecified atom stereocenters. The summed E-state index contributed by atoms with van der Waals surface area (Å²) in [6.45, 7) is 0. The molecule has 0 heterocycles. The van der Waals surface area contributed by atoms with Gasteiger partial charge in [0.2, 0.25) is 0 Å². The molecule has 0 aliphatic heterocycles. The van der Waals surface area contributed by atoms with Crippen LogP contribution in [0.1, 0.15) is 0 Å². The molecule has 0 aromatic carbocycles. The summed E-state index contributed by atoms with van der Waals surface area (Å²) in [6, 6.07) is 0. The van der Waals surface area contributed by atoms with Gasteiger partial charge in [0, 0.05) is 64.5 Å². The first kappa shape index (κ1) is 30.2. The van der Waals surface area contributed by atoms with Gasteiger partial charge in [-0.2, -0.15) is 0 Å². The largest absolute Gasteiger partial charge is 0.187 e. The third-order valence-electron chi connectivity index (χ3n) is 0. The van der Waals surface area contributed by atoms with Gasteiger partial charge in [0.15, 0.2) is 17.4 Å². The molecule has 0 aliphatic rings. The molecule has 0 fully saturated rings. The second-order valence-corrected chi connectivity index (χ2v) is 0. The molecule has 0 rings (SSSR count). The molecule has 0 spiro atoms. The van der Waals surface area contributed by atoms with Crippen LogP contribution in [0.15, 0.2) is 0 Å². The van der Waals surface area contributed by atoms with E-state index in [4.69, 9.17) is 0 Å². The predicted octanol–water partition coefficient (Wildman–Crippen LogP) is -1.19. The Morgan fingerprint density at radius 2 is 1.00 bits per heavy atom. The molecule has 31 valence electrons. The first-order valence-corrected chi connectivity index (χ1v) is 0. The Bertz CT molecular complexity index is 8.00. The zero-order valence-corrected chi connectivity index (χ0v) is 6.40. The van der Waals surface area contributed by atoms with Crippen molar-refractivity contribution >= 4 is 17.4 Å². The minimum atomic E-state index is 0. The summed E-state index contributed by atoms with van der Waals surface area (Å²) >= 11 is 0. The fourth-order valence-corrected chi connectivity index (χ4v) is 0. The average molecular weight is 381 g/mol. The van der Waals surface area contributed by atoms with Crippen LogP contribution in [0.25, 0.3) is 0 Å². The van der Waals surface area contributed by atoms with Gasteiger partial charge in [-0.1, -0.05) is 0 Å².